The number of aromatic amines is 1. The SMILES string of the molecule is COc1ccccc1-c1cc(C2=CCCN(C(=O)CCn3ccnn3)C2)c(F)c2[nH]c(C(=O)N3CCN(c4c(C)nn(C)c4C#N)CC3)cc12.[HH]. The third-order valence-corrected chi connectivity index (χ3v) is 9.54. The van der Waals surface area contributed by atoms with E-state index >= 15 is 4.39 Å². The van der Waals surface area contributed by atoms with Gasteiger partial charge in [0.2, 0.25) is 5.91 Å². The summed E-state index contributed by atoms with van der Waals surface area (Å²) in [6, 6.07) is 13.3. The molecule has 5 heterocycles. The number of nitrogens with one attached hydrogen (secondary N) is 1. The van der Waals surface area contributed by atoms with E-state index in [4.69, 9.17) is 4.74 Å². The molecule has 0 unspecified atom stereocenters. The third kappa shape index (κ3) is 5.95. The van der Waals surface area contributed by atoms with Crippen molar-refractivity contribution in [2.45, 2.75) is 26.3 Å². The number of carbonyl (C=O) groups is 2. The Hall–Kier alpha value is -5.97. The zero-order valence-corrected chi connectivity index (χ0v) is 28.2. The van der Waals surface area contributed by atoms with Gasteiger partial charge in [0, 0.05) is 76.9 Å². The maximum Gasteiger partial charge on any atom is 0.270 e. The molecule has 50 heavy (non-hydrogen) atoms. The molecule has 0 bridgehead atoms. The fourth-order valence-electron chi connectivity index (χ4n) is 7.03. The molecular formula is C36H39FN10O3. The van der Waals surface area contributed by atoms with Gasteiger partial charge >= 0.3 is 0 Å². The molecule has 3 aromatic heterocycles. The number of benzene rings is 2. The number of nitrogens with zero attached hydrogens (tertiary/aromatic N) is 9. The van der Waals surface area contributed by atoms with E-state index in [0.29, 0.717) is 79.2 Å². The maximum atomic E-state index is 16.7. The lowest BCUT2D eigenvalue weighted by atomic mass is 9.93. The van der Waals surface area contributed by atoms with Crippen molar-refractivity contribution in [1.29, 1.82) is 5.26 Å². The van der Waals surface area contributed by atoms with Crippen LogP contribution in [0.25, 0.3) is 27.6 Å². The molecule has 1 fully saturated rings. The Morgan fingerprint density at radius 3 is 2.62 bits per heavy atom. The van der Waals surface area contributed by atoms with Crippen LogP contribution in [0.15, 0.2) is 54.9 Å². The number of nitriles is 1. The zero-order valence-electron chi connectivity index (χ0n) is 28.2. The number of aryl methyl sites for hydroxylation is 3. The highest BCUT2D eigenvalue weighted by Gasteiger charge is 2.29. The molecule has 5 aromatic rings. The van der Waals surface area contributed by atoms with Gasteiger partial charge < -0.3 is 24.4 Å². The summed E-state index contributed by atoms with van der Waals surface area (Å²) in [6.07, 6.45) is 6.10. The topological polar surface area (TPSA) is 141 Å². The lowest BCUT2D eigenvalue weighted by Gasteiger charge is -2.35. The van der Waals surface area contributed by atoms with Gasteiger partial charge in [0.15, 0.2) is 11.5 Å². The minimum absolute atomic E-state index is 0. The van der Waals surface area contributed by atoms with Crippen molar-refractivity contribution < 1.29 is 20.1 Å². The van der Waals surface area contributed by atoms with Crippen molar-refractivity contribution in [2.75, 3.05) is 51.3 Å². The van der Waals surface area contributed by atoms with Crippen molar-refractivity contribution in [2.24, 2.45) is 7.05 Å². The predicted molar refractivity (Wildman–Crippen MR) is 187 cm³/mol. The molecule has 1 saturated heterocycles. The van der Waals surface area contributed by atoms with Gasteiger partial charge in [-0.3, -0.25) is 19.0 Å². The van der Waals surface area contributed by atoms with Crippen molar-refractivity contribution in [3.8, 4) is 22.9 Å². The smallest absolute Gasteiger partial charge is 0.270 e. The number of ether oxygens (including phenoxy) is 1. The number of methoxy groups -OCH3 is 1. The van der Waals surface area contributed by atoms with E-state index < -0.39 is 5.82 Å². The number of amides is 2. The minimum Gasteiger partial charge on any atom is -0.496 e. The fourth-order valence-corrected chi connectivity index (χ4v) is 7.03. The fraction of sp³-hybridized carbons (Fsp3) is 0.333. The van der Waals surface area contributed by atoms with Crippen LogP contribution in [0.2, 0.25) is 0 Å². The van der Waals surface area contributed by atoms with E-state index in [-0.39, 0.29) is 37.4 Å². The van der Waals surface area contributed by atoms with E-state index in [9.17, 15) is 14.9 Å². The number of para-hydroxylation sites is 1. The summed E-state index contributed by atoms with van der Waals surface area (Å²) in [7, 11) is 3.34. The van der Waals surface area contributed by atoms with Crippen LogP contribution in [0.4, 0.5) is 10.1 Å². The summed E-state index contributed by atoms with van der Waals surface area (Å²) in [5, 5.41) is 22.4. The maximum absolute atomic E-state index is 16.7. The van der Waals surface area contributed by atoms with Crippen molar-refractivity contribution in [3.63, 3.8) is 0 Å². The summed E-state index contributed by atoms with van der Waals surface area (Å²) >= 11 is 0. The van der Waals surface area contributed by atoms with Crippen LogP contribution in [0.1, 0.15) is 41.7 Å². The number of H-pyrrole nitrogens is 1. The third-order valence-electron chi connectivity index (χ3n) is 9.54. The summed E-state index contributed by atoms with van der Waals surface area (Å²) in [5.41, 5.74) is 5.05. The first-order chi connectivity index (χ1) is 24.3. The molecule has 7 rings (SSSR count). The number of aromatic nitrogens is 6. The number of hydrogen-bond donors (Lipinski definition) is 1. The molecule has 2 aliphatic rings. The van der Waals surface area contributed by atoms with Gasteiger partial charge in [0.25, 0.3) is 5.91 Å². The summed E-state index contributed by atoms with van der Waals surface area (Å²) in [6.45, 7) is 4.98. The summed E-state index contributed by atoms with van der Waals surface area (Å²) in [5.74, 6) is -0.159. The van der Waals surface area contributed by atoms with E-state index in [2.05, 4.69) is 31.4 Å². The molecule has 258 valence electrons. The quantitative estimate of drug-likeness (QED) is 0.255. The Morgan fingerprint density at radius 1 is 1.08 bits per heavy atom. The van der Waals surface area contributed by atoms with Crippen molar-refractivity contribution >= 4 is 34.0 Å². The average Bonchev–Trinajstić information content (AvgIpc) is 3.90. The lowest BCUT2D eigenvalue weighted by molar-refractivity contribution is -0.131. The molecule has 1 N–H and O–H groups in total. The van der Waals surface area contributed by atoms with Gasteiger partial charge in [-0.1, -0.05) is 29.5 Å². The second-order valence-electron chi connectivity index (χ2n) is 12.5. The molecule has 0 atom stereocenters. The predicted octanol–water partition coefficient (Wildman–Crippen LogP) is 4.40. The van der Waals surface area contributed by atoms with Crippen LogP contribution in [-0.4, -0.2) is 97.8 Å². The molecule has 13 nitrogen and oxygen atoms in total. The highest BCUT2D eigenvalue weighted by atomic mass is 19.1. The van der Waals surface area contributed by atoms with E-state index in [1.165, 1.54) is 0 Å². The van der Waals surface area contributed by atoms with Crippen LogP contribution in [0.3, 0.4) is 0 Å². The van der Waals surface area contributed by atoms with Crippen LogP contribution in [-0.2, 0) is 18.4 Å². The Morgan fingerprint density at radius 2 is 1.88 bits per heavy atom. The van der Waals surface area contributed by atoms with Crippen LogP contribution < -0.4 is 9.64 Å². The minimum atomic E-state index is -0.484. The number of carbonyl (C=O) groups excluding carboxylic acids is 2. The molecule has 0 radical (unpaired) electrons. The van der Waals surface area contributed by atoms with Gasteiger partial charge in [-0.25, -0.2) is 4.39 Å². The van der Waals surface area contributed by atoms with E-state index in [1.807, 2.05) is 37.3 Å². The first-order valence-corrected chi connectivity index (χ1v) is 16.5. The first kappa shape index (κ1) is 32.6. The first-order valence-electron chi connectivity index (χ1n) is 16.5. The summed E-state index contributed by atoms with van der Waals surface area (Å²) in [4.78, 5) is 35.8. The highest BCUT2D eigenvalue weighted by molar-refractivity contribution is 6.05. The standard InChI is InChI=1S/C36H37FN10O3.H2/c1-23-35(30(21-38)43(2)41-23)44-15-17-45(18-16-44)36(49)29-20-28-27(25-8-4-5-9-31(25)50-3)19-26(33(37)34(28)40-29)24-7-6-12-46(22-24)32(48)10-13-47-14-11-39-42-47;/h4-5,7-9,11,14,19-20,40H,6,10,12-13,15-18,22H2,1-3H3;1H. The highest BCUT2D eigenvalue weighted by Crippen LogP contribution is 2.40. The Labute approximate surface area is 289 Å². The second-order valence-corrected chi connectivity index (χ2v) is 12.5. The van der Waals surface area contributed by atoms with Gasteiger partial charge in [-0.15, -0.1) is 5.10 Å². The van der Waals surface area contributed by atoms with Gasteiger partial charge in [0.05, 0.1) is 36.7 Å². The number of anilines is 1. The number of hydrogen-bond acceptors (Lipinski definition) is 8. The monoisotopic (exact) mass is 678 g/mol. The van der Waals surface area contributed by atoms with Gasteiger partial charge in [0.1, 0.15) is 17.5 Å². The average molecular weight is 679 g/mol. The van der Waals surface area contributed by atoms with Gasteiger partial charge in [-0.2, -0.15) is 10.4 Å². The second kappa shape index (κ2) is 13.5. The summed E-state index contributed by atoms with van der Waals surface area (Å²) < 4.78 is 25.6. The molecule has 0 saturated carbocycles. The number of piperazine rings is 1. The van der Waals surface area contributed by atoms with Crippen LogP contribution in [0.5, 0.6) is 5.75 Å². The lowest BCUT2D eigenvalue weighted by Crippen LogP contribution is -2.49. The molecule has 2 aliphatic heterocycles. The van der Waals surface area contributed by atoms with Gasteiger partial charge in [-0.05, 0) is 42.7 Å². The number of halogens is 1. The molecular weight excluding hydrogens is 639 g/mol. The molecule has 0 aliphatic carbocycles. The molecule has 2 amide bonds. The molecule has 2 aromatic carbocycles. The largest absolute Gasteiger partial charge is 0.496 e. The molecule has 14 heteroatoms. The van der Waals surface area contributed by atoms with Crippen LogP contribution in [0, 0.1) is 24.1 Å². The van der Waals surface area contributed by atoms with E-state index in [0.717, 1.165) is 16.9 Å². The molecule has 0 spiro atoms. The van der Waals surface area contributed by atoms with Crippen molar-refractivity contribution in [3.05, 3.63) is 83.3 Å². The van der Waals surface area contributed by atoms with Crippen LogP contribution >= 0.6 is 0 Å². The Balaban J connectivity index is 0.00000448. The number of rotatable bonds is 8. The Bertz CT molecular complexity index is 2160. The Kier molecular flexibility index (Phi) is 8.80. The normalized spacial score (nSPS) is 14.9. The number of fused-ring (bicyclic) bond motifs is 1. The zero-order chi connectivity index (χ0) is 34.9. The van der Waals surface area contributed by atoms with Crippen molar-refractivity contribution in [1.82, 2.24) is 39.6 Å². The van der Waals surface area contributed by atoms with E-state index in [1.54, 1.807) is 57.8 Å².